The van der Waals surface area contributed by atoms with Crippen molar-refractivity contribution >= 4 is 35.7 Å². The predicted molar refractivity (Wildman–Crippen MR) is 501 cm³/mol. The fourth-order valence-electron chi connectivity index (χ4n) is 15.2. The lowest BCUT2D eigenvalue weighted by molar-refractivity contribution is 0.0724. The number of benzene rings is 5. The normalized spacial score (nSPS) is 11.5. The molecule has 5 aromatic rings. The van der Waals surface area contributed by atoms with E-state index in [-0.39, 0.29) is 0 Å². The average Bonchev–Trinajstić information content (AvgIpc) is 0.816. The maximum atomic E-state index is 14.2. The number of rotatable bonds is 80. The number of carbonyl (C=O) groups excluding carboxylic acids is 2. The van der Waals surface area contributed by atoms with Crippen LogP contribution in [0.4, 0.5) is 11.4 Å². The second-order valence-electron chi connectivity index (χ2n) is 33.7. The lowest BCUT2D eigenvalue weighted by Crippen LogP contribution is -2.12. The molecule has 0 radical (unpaired) electrons. The first kappa shape index (κ1) is 102. The summed E-state index contributed by atoms with van der Waals surface area (Å²) in [5.41, 5.74) is 3.95. The highest BCUT2D eigenvalue weighted by Crippen LogP contribution is 2.42. The molecule has 0 amide bonds. The molecule has 0 spiro atoms. The smallest absolute Gasteiger partial charge is 0.343 e. The van der Waals surface area contributed by atoms with Crippen LogP contribution in [-0.4, -0.2) is 64.0 Å². The maximum Gasteiger partial charge on any atom is 0.343 e. The van der Waals surface area contributed by atoms with E-state index in [0.717, 1.165) is 99.6 Å². The van der Waals surface area contributed by atoms with Gasteiger partial charge in [-0.05, 0) is 147 Å². The number of ether oxygens (including phenoxy) is 8. The van der Waals surface area contributed by atoms with Gasteiger partial charge in [0.05, 0.1) is 62.1 Å². The van der Waals surface area contributed by atoms with Crippen molar-refractivity contribution in [3.63, 3.8) is 0 Å². The van der Waals surface area contributed by atoms with Crippen molar-refractivity contribution < 1.29 is 47.5 Å². The van der Waals surface area contributed by atoms with E-state index in [2.05, 4.69) is 41.5 Å². The van der Waals surface area contributed by atoms with Crippen LogP contribution in [0.15, 0.2) is 107 Å². The maximum absolute atomic E-state index is 14.2. The lowest BCUT2D eigenvalue weighted by atomic mass is 10.1. The largest absolute Gasteiger partial charge is 0.490 e. The molecule has 0 saturated heterocycles. The van der Waals surface area contributed by atoms with Gasteiger partial charge in [-0.25, -0.2) is 9.59 Å². The van der Waals surface area contributed by atoms with E-state index in [1.165, 1.54) is 308 Å². The third-order valence-corrected chi connectivity index (χ3v) is 22.8. The van der Waals surface area contributed by atoms with Gasteiger partial charge >= 0.3 is 11.9 Å². The van der Waals surface area contributed by atoms with E-state index in [1.807, 2.05) is 48.5 Å². The van der Waals surface area contributed by atoms with Gasteiger partial charge in [-0.1, -0.05) is 388 Å². The summed E-state index contributed by atoms with van der Waals surface area (Å²) in [5, 5.41) is 0. The quantitative estimate of drug-likeness (QED) is 0.0160. The van der Waals surface area contributed by atoms with E-state index < -0.39 is 11.9 Å². The third-order valence-electron chi connectivity index (χ3n) is 22.8. The van der Waals surface area contributed by atoms with Crippen molar-refractivity contribution in [1.29, 1.82) is 0 Å². The Balaban J connectivity index is 1.23. The van der Waals surface area contributed by atoms with Crippen molar-refractivity contribution in [2.24, 2.45) is 9.98 Å². The minimum absolute atomic E-state index is 0.360. The molecule has 5 rings (SSSR count). The van der Waals surface area contributed by atoms with Gasteiger partial charge < -0.3 is 37.9 Å². The van der Waals surface area contributed by atoms with Crippen LogP contribution in [0.25, 0.3) is 0 Å². The Labute approximate surface area is 720 Å². The predicted octanol–water partition coefficient (Wildman–Crippen LogP) is 33.4. The van der Waals surface area contributed by atoms with Crippen LogP contribution in [-0.2, 0) is 0 Å². The molecule has 0 aromatic heterocycles. The van der Waals surface area contributed by atoms with Crippen LogP contribution >= 0.6 is 0 Å². The highest BCUT2D eigenvalue weighted by Gasteiger charge is 2.23. The highest BCUT2D eigenvalue weighted by molar-refractivity contribution is 5.94. The van der Waals surface area contributed by atoms with Crippen LogP contribution in [0, 0.1) is 0 Å². The Morgan fingerprint density at radius 3 is 0.602 bits per heavy atom. The monoisotopic (exact) mass is 1630 g/mol. The summed E-state index contributed by atoms with van der Waals surface area (Å²) in [6.07, 6.45) is 78.1. The topological polar surface area (TPSA) is 133 Å². The molecule has 0 bridgehead atoms. The molecular formula is C106H168N2O10. The van der Waals surface area contributed by atoms with Crippen LogP contribution < -0.4 is 37.9 Å². The number of aliphatic imine (C=N–C) groups is 2. The van der Waals surface area contributed by atoms with Crippen molar-refractivity contribution in [3.8, 4) is 46.0 Å². The summed E-state index contributed by atoms with van der Waals surface area (Å²) >= 11 is 0. The molecule has 118 heavy (non-hydrogen) atoms. The van der Waals surface area contributed by atoms with E-state index in [4.69, 9.17) is 47.9 Å². The summed E-state index contributed by atoms with van der Waals surface area (Å²) in [6, 6.07) is 29.7. The SMILES string of the molecule is CCCCCCCCCCCCOc1cc(C(=O)Oc2ccc(C=Nc3ccc(N=Cc4ccc(OC(=O)c5cc(OCCCCCCCCCCCC)c(OCCCCCCCCCCCC)c(OCCCCCCCCCCCC)c5)cc4)cc3)cc2)cc(OCCCCCCCCCCCC)c1OCCCCCCCCCCCC. The van der Waals surface area contributed by atoms with Gasteiger partial charge in [0.15, 0.2) is 23.0 Å². The van der Waals surface area contributed by atoms with Gasteiger partial charge in [0.1, 0.15) is 11.5 Å². The molecule has 0 saturated carbocycles. The first-order valence-corrected chi connectivity index (χ1v) is 49.2. The summed E-state index contributed by atoms with van der Waals surface area (Å²) < 4.78 is 51.9. The molecule has 12 nitrogen and oxygen atoms in total. The fraction of sp³-hybridized carbons (Fsp3) is 0.679. The van der Waals surface area contributed by atoms with Crippen molar-refractivity contribution in [3.05, 3.63) is 119 Å². The molecule has 5 aromatic carbocycles. The molecular weight excluding hydrogens is 1460 g/mol. The average molecular weight is 1630 g/mol. The molecule has 0 heterocycles. The van der Waals surface area contributed by atoms with Crippen LogP contribution in [0.3, 0.4) is 0 Å². The summed E-state index contributed by atoms with van der Waals surface area (Å²) in [5.74, 6) is 3.19. The first-order valence-electron chi connectivity index (χ1n) is 49.2. The minimum Gasteiger partial charge on any atom is -0.490 e. The molecule has 662 valence electrons. The standard InChI is InChI=1S/C106H168N2O10/c1-7-13-19-25-31-37-43-49-55-61-79-111-99-85-93(86-100(112-80-62-56-50-44-38-32-26-20-14-8-2)103(99)115-83-65-59-53-47-41-35-29-23-17-11-5)105(109)117-97-75-67-91(68-76-97)89-107-95-71-73-96(74-72-95)108-90-92-69-77-98(78-70-92)118-106(110)94-87-101(113-81-63-57-51-45-39-33-27-21-15-9-3)104(116-84-66-60-54-48-42-36-30-24-18-12-6)102(88-94)114-82-64-58-52-46-40-34-28-22-16-10-4/h67-78,85-90H,7-66,79-84H2,1-6H3. The highest BCUT2D eigenvalue weighted by atomic mass is 16.6. The van der Waals surface area contributed by atoms with Gasteiger partial charge in [-0.3, -0.25) is 9.98 Å². The molecule has 0 aliphatic heterocycles. The minimum atomic E-state index is -0.489. The summed E-state index contributed by atoms with van der Waals surface area (Å²) in [7, 11) is 0. The number of esters is 2. The summed E-state index contributed by atoms with van der Waals surface area (Å²) in [6.45, 7) is 16.9. The first-order chi connectivity index (χ1) is 58.3. The van der Waals surface area contributed by atoms with Crippen LogP contribution in [0.2, 0.25) is 0 Å². The van der Waals surface area contributed by atoms with Crippen LogP contribution in [0.5, 0.6) is 46.0 Å². The van der Waals surface area contributed by atoms with Gasteiger partial charge in [0.2, 0.25) is 11.5 Å². The van der Waals surface area contributed by atoms with Gasteiger partial charge in [0.25, 0.3) is 0 Å². The Morgan fingerprint density at radius 2 is 0.407 bits per heavy atom. The number of hydrogen-bond donors (Lipinski definition) is 0. The fourth-order valence-corrected chi connectivity index (χ4v) is 15.2. The molecule has 12 heteroatoms. The molecule has 0 aliphatic rings. The van der Waals surface area contributed by atoms with Gasteiger partial charge in [-0.2, -0.15) is 0 Å². The summed E-state index contributed by atoms with van der Waals surface area (Å²) in [4.78, 5) is 38.0. The lowest BCUT2D eigenvalue weighted by Gasteiger charge is -2.19. The Kier molecular flexibility index (Phi) is 62.0. The number of carbonyl (C=O) groups is 2. The second-order valence-corrected chi connectivity index (χ2v) is 33.7. The van der Waals surface area contributed by atoms with Gasteiger partial charge in [0, 0.05) is 12.4 Å². The molecule has 0 unspecified atom stereocenters. The van der Waals surface area contributed by atoms with E-state index >= 15 is 0 Å². The Hall–Kier alpha value is -6.82. The second kappa shape index (κ2) is 71.9. The zero-order chi connectivity index (χ0) is 83.7. The number of unbranched alkanes of at least 4 members (excludes halogenated alkanes) is 54. The zero-order valence-corrected chi connectivity index (χ0v) is 76.0. The van der Waals surface area contributed by atoms with Crippen molar-refractivity contribution in [2.45, 2.75) is 427 Å². The third kappa shape index (κ3) is 50.4. The molecule has 0 fully saturated rings. The number of nitrogens with zero attached hydrogens (tertiary/aromatic N) is 2. The van der Waals surface area contributed by atoms with Gasteiger partial charge in [-0.15, -0.1) is 0 Å². The Morgan fingerprint density at radius 1 is 0.229 bits per heavy atom. The van der Waals surface area contributed by atoms with E-state index in [9.17, 15) is 9.59 Å². The van der Waals surface area contributed by atoms with Crippen molar-refractivity contribution in [2.75, 3.05) is 39.6 Å². The van der Waals surface area contributed by atoms with Crippen molar-refractivity contribution in [1.82, 2.24) is 0 Å². The van der Waals surface area contributed by atoms with Crippen LogP contribution in [0.1, 0.15) is 459 Å². The number of hydrogen-bond acceptors (Lipinski definition) is 12. The zero-order valence-electron chi connectivity index (χ0n) is 76.0. The molecule has 0 aliphatic carbocycles. The molecule has 0 atom stereocenters. The Bertz CT molecular complexity index is 2960. The molecule has 0 N–H and O–H groups in total. The van der Waals surface area contributed by atoms with E-state index in [0.29, 0.717) is 96.8 Å². The van der Waals surface area contributed by atoms with E-state index in [1.54, 1.807) is 61.0 Å².